The van der Waals surface area contributed by atoms with E-state index in [9.17, 15) is 4.79 Å². The van der Waals surface area contributed by atoms with Gasteiger partial charge in [0.25, 0.3) is 0 Å². The van der Waals surface area contributed by atoms with E-state index in [-0.39, 0.29) is 11.9 Å². The maximum absolute atomic E-state index is 12.2. The molecule has 23 heavy (non-hydrogen) atoms. The lowest BCUT2D eigenvalue weighted by Gasteiger charge is -2.15. The van der Waals surface area contributed by atoms with E-state index in [1.807, 2.05) is 55.0 Å². The van der Waals surface area contributed by atoms with Crippen LogP contribution in [0.4, 0.5) is 0 Å². The molecule has 1 aliphatic heterocycles. The number of aromatic nitrogens is 2. The summed E-state index contributed by atoms with van der Waals surface area (Å²) < 4.78 is 2.13. The summed E-state index contributed by atoms with van der Waals surface area (Å²) in [4.78, 5) is 16.4. The molecule has 0 saturated carbocycles. The minimum Gasteiger partial charge on any atom is -0.353 e. The molecule has 0 spiro atoms. The summed E-state index contributed by atoms with van der Waals surface area (Å²) >= 11 is 0. The zero-order chi connectivity index (χ0) is 15.6. The van der Waals surface area contributed by atoms with Crippen LogP contribution in [-0.2, 0) is 11.2 Å². The van der Waals surface area contributed by atoms with Gasteiger partial charge < -0.3 is 9.88 Å². The maximum atomic E-state index is 12.2. The summed E-state index contributed by atoms with van der Waals surface area (Å²) in [5.74, 6) is 0.0437. The van der Waals surface area contributed by atoms with E-state index >= 15 is 0 Å². The number of rotatable bonds is 4. The lowest BCUT2D eigenvalue weighted by Crippen LogP contribution is -2.31. The lowest BCUT2D eigenvalue weighted by atomic mass is 10.0. The number of fused-ring (bicyclic) bond motifs is 3. The number of hydrogen-bond acceptors (Lipinski definition) is 2. The van der Waals surface area contributed by atoms with Crippen LogP contribution in [0.5, 0.6) is 0 Å². The molecule has 114 valence electrons. The first kappa shape index (κ1) is 13.8. The van der Waals surface area contributed by atoms with Gasteiger partial charge in [0.2, 0.25) is 5.91 Å². The van der Waals surface area contributed by atoms with Gasteiger partial charge in [-0.3, -0.25) is 4.79 Å². The van der Waals surface area contributed by atoms with Gasteiger partial charge in [-0.2, -0.15) is 0 Å². The van der Waals surface area contributed by atoms with Crippen LogP contribution >= 0.6 is 0 Å². The fourth-order valence-electron chi connectivity index (χ4n) is 3.19. The summed E-state index contributed by atoms with van der Waals surface area (Å²) in [7, 11) is 0. The van der Waals surface area contributed by atoms with Crippen molar-refractivity contribution in [2.45, 2.75) is 12.5 Å². The van der Waals surface area contributed by atoms with Gasteiger partial charge in [-0.15, -0.1) is 0 Å². The van der Waals surface area contributed by atoms with Crippen LogP contribution in [0.15, 0.2) is 67.1 Å². The SMILES string of the molecule is O=C(Cc1ccccc1)NC[C@H]1c2ccccc2-c2cncn21. The molecule has 0 bridgehead atoms. The van der Waals surface area contributed by atoms with E-state index in [4.69, 9.17) is 0 Å². The predicted molar refractivity (Wildman–Crippen MR) is 89.0 cm³/mol. The summed E-state index contributed by atoms with van der Waals surface area (Å²) in [6.07, 6.45) is 4.12. The second-order valence-corrected chi connectivity index (χ2v) is 5.76. The van der Waals surface area contributed by atoms with Gasteiger partial charge in [0.15, 0.2) is 0 Å². The fraction of sp³-hybridized carbons (Fsp3) is 0.158. The summed E-state index contributed by atoms with van der Waals surface area (Å²) in [5, 5.41) is 3.06. The third-order valence-corrected chi connectivity index (χ3v) is 4.30. The van der Waals surface area contributed by atoms with Crippen LogP contribution in [0.3, 0.4) is 0 Å². The van der Waals surface area contributed by atoms with Crippen LogP contribution in [0, 0.1) is 0 Å². The number of nitrogens with zero attached hydrogens (tertiary/aromatic N) is 2. The highest BCUT2D eigenvalue weighted by Gasteiger charge is 2.27. The van der Waals surface area contributed by atoms with Crippen LogP contribution < -0.4 is 5.32 Å². The molecule has 0 fully saturated rings. The molecule has 4 nitrogen and oxygen atoms in total. The highest BCUT2D eigenvalue weighted by molar-refractivity contribution is 5.79. The van der Waals surface area contributed by atoms with E-state index in [1.54, 1.807) is 0 Å². The molecule has 2 aromatic carbocycles. The number of carbonyl (C=O) groups is 1. The minimum atomic E-state index is 0.0437. The number of hydrogen-bond donors (Lipinski definition) is 1. The van der Waals surface area contributed by atoms with Crippen molar-refractivity contribution < 1.29 is 4.79 Å². The van der Waals surface area contributed by atoms with Gasteiger partial charge in [-0.05, 0) is 11.1 Å². The molecule has 4 heteroatoms. The van der Waals surface area contributed by atoms with Crippen molar-refractivity contribution in [2.24, 2.45) is 0 Å². The van der Waals surface area contributed by atoms with Gasteiger partial charge in [0.1, 0.15) is 0 Å². The normalized spacial score (nSPS) is 15.0. The highest BCUT2D eigenvalue weighted by Crippen LogP contribution is 2.38. The molecule has 1 N–H and O–H groups in total. The molecular weight excluding hydrogens is 286 g/mol. The Balaban J connectivity index is 1.48. The summed E-state index contributed by atoms with van der Waals surface area (Å²) in [6.45, 7) is 0.575. The molecule has 2 heterocycles. The van der Waals surface area contributed by atoms with Gasteiger partial charge in [0, 0.05) is 12.1 Å². The van der Waals surface area contributed by atoms with Gasteiger partial charge in [0.05, 0.1) is 30.7 Å². The summed E-state index contributed by atoms with van der Waals surface area (Å²) in [6, 6.07) is 18.2. The molecule has 1 aliphatic rings. The lowest BCUT2D eigenvalue weighted by molar-refractivity contribution is -0.120. The standard InChI is InChI=1S/C19H17N3O/c23-19(10-14-6-2-1-3-7-14)21-12-18-16-9-5-4-8-15(16)17-11-20-13-22(17)18/h1-9,11,13,18H,10,12H2,(H,21,23)/t18-/m0/s1. The van der Waals surface area contributed by atoms with Crippen molar-refractivity contribution >= 4 is 5.91 Å². The quantitative estimate of drug-likeness (QED) is 0.805. The first-order valence-electron chi connectivity index (χ1n) is 7.74. The number of imidazole rings is 1. The zero-order valence-corrected chi connectivity index (χ0v) is 12.6. The summed E-state index contributed by atoms with van der Waals surface area (Å²) in [5.41, 5.74) is 4.58. The number of nitrogens with one attached hydrogen (secondary N) is 1. The van der Waals surface area contributed by atoms with Crippen LogP contribution in [-0.4, -0.2) is 22.0 Å². The second-order valence-electron chi connectivity index (χ2n) is 5.76. The van der Waals surface area contributed by atoms with E-state index < -0.39 is 0 Å². The third kappa shape index (κ3) is 2.52. The molecule has 1 amide bonds. The van der Waals surface area contributed by atoms with Crippen molar-refractivity contribution in [3.63, 3.8) is 0 Å². The van der Waals surface area contributed by atoms with Crippen LogP contribution in [0.2, 0.25) is 0 Å². The Bertz CT molecular complexity index is 839. The topological polar surface area (TPSA) is 46.9 Å². The fourth-order valence-corrected chi connectivity index (χ4v) is 3.19. The molecular formula is C19H17N3O. The molecule has 0 aliphatic carbocycles. The third-order valence-electron chi connectivity index (χ3n) is 4.30. The first-order chi connectivity index (χ1) is 11.3. The first-order valence-corrected chi connectivity index (χ1v) is 7.74. The molecule has 3 aromatic rings. The number of amides is 1. The average Bonchev–Trinajstić information content (AvgIpc) is 3.15. The Hall–Kier alpha value is -2.88. The van der Waals surface area contributed by atoms with Crippen molar-refractivity contribution in [1.82, 2.24) is 14.9 Å². The van der Waals surface area contributed by atoms with Crippen molar-refractivity contribution in [3.05, 3.63) is 78.2 Å². The minimum absolute atomic E-state index is 0.0437. The second kappa shape index (κ2) is 5.72. The van der Waals surface area contributed by atoms with Crippen molar-refractivity contribution in [1.29, 1.82) is 0 Å². The molecule has 1 atom stereocenters. The monoisotopic (exact) mass is 303 g/mol. The Morgan fingerprint density at radius 2 is 1.87 bits per heavy atom. The van der Waals surface area contributed by atoms with Crippen molar-refractivity contribution in [3.8, 4) is 11.3 Å². The van der Waals surface area contributed by atoms with E-state index in [2.05, 4.69) is 27.0 Å². The average molecular weight is 303 g/mol. The smallest absolute Gasteiger partial charge is 0.224 e. The Labute approximate surface area is 134 Å². The molecule has 0 radical (unpaired) electrons. The van der Waals surface area contributed by atoms with Crippen LogP contribution in [0.25, 0.3) is 11.3 Å². The number of benzene rings is 2. The number of carbonyl (C=O) groups excluding carboxylic acids is 1. The van der Waals surface area contributed by atoms with Gasteiger partial charge in [-0.25, -0.2) is 4.98 Å². The maximum Gasteiger partial charge on any atom is 0.224 e. The largest absolute Gasteiger partial charge is 0.353 e. The highest BCUT2D eigenvalue weighted by atomic mass is 16.1. The molecule has 4 rings (SSSR count). The predicted octanol–water partition coefficient (Wildman–Crippen LogP) is 2.81. The Morgan fingerprint density at radius 3 is 2.74 bits per heavy atom. The molecule has 0 unspecified atom stereocenters. The molecule has 1 aromatic heterocycles. The van der Waals surface area contributed by atoms with E-state index in [0.29, 0.717) is 13.0 Å². The van der Waals surface area contributed by atoms with Crippen LogP contribution in [0.1, 0.15) is 17.2 Å². The zero-order valence-electron chi connectivity index (χ0n) is 12.6. The van der Waals surface area contributed by atoms with Gasteiger partial charge in [-0.1, -0.05) is 54.6 Å². The van der Waals surface area contributed by atoms with Crippen molar-refractivity contribution in [2.75, 3.05) is 6.54 Å². The molecule has 0 saturated heterocycles. The van der Waals surface area contributed by atoms with E-state index in [1.165, 1.54) is 11.1 Å². The van der Waals surface area contributed by atoms with Gasteiger partial charge >= 0.3 is 0 Å². The van der Waals surface area contributed by atoms with E-state index in [0.717, 1.165) is 11.3 Å². The Morgan fingerprint density at radius 1 is 1.09 bits per heavy atom. The Kier molecular flexibility index (Phi) is 3.42.